The maximum Gasteiger partial charge on any atom is 0.254 e. The van der Waals surface area contributed by atoms with Crippen LogP contribution in [-0.2, 0) is 0 Å². The van der Waals surface area contributed by atoms with Crippen LogP contribution in [0.15, 0.2) is 12.1 Å². The Hall–Kier alpha value is -0.840. The molecule has 0 aromatic carbocycles. The van der Waals surface area contributed by atoms with Crippen molar-refractivity contribution < 1.29 is 9.90 Å². The van der Waals surface area contributed by atoms with Gasteiger partial charge in [-0.3, -0.25) is 4.79 Å². The molecule has 0 aliphatic rings. The van der Waals surface area contributed by atoms with Gasteiger partial charge in [0, 0.05) is 6.54 Å². The predicted octanol–water partition coefficient (Wildman–Crippen LogP) is 2.92. The van der Waals surface area contributed by atoms with Crippen LogP contribution in [0.4, 0.5) is 0 Å². The van der Waals surface area contributed by atoms with Gasteiger partial charge in [0.2, 0.25) is 0 Å². The molecule has 0 bridgehead atoms. The van der Waals surface area contributed by atoms with E-state index in [-0.39, 0.29) is 33.7 Å². The van der Waals surface area contributed by atoms with Gasteiger partial charge in [-0.1, -0.05) is 44.0 Å². The number of nitrogens with one attached hydrogen (secondary N) is 1. The van der Waals surface area contributed by atoms with Crippen molar-refractivity contribution in [3.8, 4) is 0 Å². The van der Waals surface area contributed by atoms with Gasteiger partial charge in [0.05, 0.1) is 11.7 Å². The van der Waals surface area contributed by atoms with Crippen LogP contribution in [0.25, 0.3) is 0 Å². The zero-order chi connectivity index (χ0) is 14.6. The molecule has 4 nitrogen and oxygen atoms in total. The first-order chi connectivity index (χ1) is 8.69. The fourth-order valence-corrected chi connectivity index (χ4v) is 2.10. The zero-order valence-electron chi connectivity index (χ0n) is 11.2. The number of aliphatic hydroxyl groups is 1. The minimum atomic E-state index is -0.594. The summed E-state index contributed by atoms with van der Waals surface area (Å²) in [5, 5.41) is 12.7. The lowest BCUT2D eigenvalue weighted by atomic mass is 9.89. The molecule has 0 saturated carbocycles. The van der Waals surface area contributed by atoms with Gasteiger partial charge in [-0.15, -0.1) is 0 Å². The molecule has 0 radical (unpaired) electrons. The summed E-state index contributed by atoms with van der Waals surface area (Å²) in [6.07, 6.45) is 0.00264. The van der Waals surface area contributed by atoms with Gasteiger partial charge < -0.3 is 10.4 Å². The van der Waals surface area contributed by atoms with Crippen molar-refractivity contribution in [1.29, 1.82) is 0 Å². The van der Waals surface area contributed by atoms with Gasteiger partial charge in [0.1, 0.15) is 10.3 Å². The van der Waals surface area contributed by atoms with Crippen molar-refractivity contribution in [2.45, 2.75) is 33.3 Å². The van der Waals surface area contributed by atoms with Crippen LogP contribution in [0.3, 0.4) is 0 Å². The molecule has 1 rings (SSSR count). The Morgan fingerprint density at radius 1 is 1.42 bits per heavy atom. The third-order valence-electron chi connectivity index (χ3n) is 2.41. The number of halogens is 2. The first-order valence-electron chi connectivity index (χ1n) is 5.97. The Morgan fingerprint density at radius 2 is 2.05 bits per heavy atom. The molecule has 0 saturated heterocycles. The highest BCUT2D eigenvalue weighted by Gasteiger charge is 2.18. The Labute approximate surface area is 123 Å². The molecule has 1 aromatic rings. The fraction of sp³-hybridized carbons (Fsp3) is 0.538. The van der Waals surface area contributed by atoms with Gasteiger partial charge in [0.15, 0.2) is 0 Å². The van der Waals surface area contributed by atoms with Crippen LogP contribution in [0, 0.1) is 5.41 Å². The van der Waals surface area contributed by atoms with Crippen molar-refractivity contribution in [3.63, 3.8) is 0 Å². The number of carbonyl (C=O) groups is 1. The van der Waals surface area contributed by atoms with E-state index in [0.717, 1.165) is 0 Å². The van der Waals surface area contributed by atoms with Crippen LogP contribution in [-0.4, -0.2) is 28.6 Å². The van der Waals surface area contributed by atoms with Crippen molar-refractivity contribution in [1.82, 2.24) is 10.3 Å². The van der Waals surface area contributed by atoms with Gasteiger partial charge in [-0.05, 0) is 24.0 Å². The van der Waals surface area contributed by atoms with E-state index in [1.54, 1.807) is 0 Å². The Bertz CT molecular complexity index is 458. The van der Waals surface area contributed by atoms with Gasteiger partial charge in [0.25, 0.3) is 5.91 Å². The number of aromatic nitrogens is 1. The maximum absolute atomic E-state index is 11.9. The highest BCUT2D eigenvalue weighted by molar-refractivity contribution is 6.34. The average Bonchev–Trinajstić information content (AvgIpc) is 2.23. The lowest BCUT2D eigenvalue weighted by Crippen LogP contribution is -2.34. The van der Waals surface area contributed by atoms with Gasteiger partial charge >= 0.3 is 0 Å². The third-order valence-corrected chi connectivity index (χ3v) is 2.90. The van der Waals surface area contributed by atoms with Crippen molar-refractivity contribution >= 4 is 29.1 Å². The molecule has 19 heavy (non-hydrogen) atoms. The molecule has 1 heterocycles. The topological polar surface area (TPSA) is 62.2 Å². The third kappa shape index (κ3) is 5.76. The fourth-order valence-electron chi connectivity index (χ4n) is 1.67. The minimum absolute atomic E-state index is 0.00359. The lowest BCUT2D eigenvalue weighted by Gasteiger charge is -2.22. The van der Waals surface area contributed by atoms with Gasteiger partial charge in [-0.2, -0.15) is 0 Å². The summed E-state index contributed by atoms with van der Waals surface area (Å²) in [6, 6.07) is 3.00. The zero-order valence-corrected chi connectivity index (χ0v) is 12.7. The number of pyridine rings is 1. The number of hydrogen-bond donors (Lipinski definition) is 2. The highest BCUT2D eigenvalue weighted by atomic mass is 35.5. The Kier molecular flexibility index (Phi) is 5.59. The normalized spacial score (nSPS) is 13.2. The van der Waals surface area contributed by atoms with E-state index >= 15 is 0 Å². The monoisotopic (exact) mass is 304 g/mol. The molecule has 1 aromatic heterocycles. The van der Waals surface area contributed by atoms with Crippen molar-refractivity contribution in [2.24, 2.45) is 5.41 Å². The molecule has 0 aliphatic heterocycles. The van der Waals surface area contributed by atoms with Crippen LogP contribution in [0.2, 0.25) is 10.3 Å². The van der Waals surface area contributed by atoms with E-state index in [9.17, 15) is 9.90 Å². The minimum Gasteiger partial charge on any atom is -0.391 e. The number of aliphatic hydroxyl groups excluding tert-OH is 1. The number of nitrogens with zero attached hydrogens (tertiary/aromatic N) is 1. The summed E-state index contributed by atoms with van der Waals surface area (Å²) >= 11 is 11.5. The Balaban J connectivity index is 2.56. The Morgan fingerprint density at radius 3 is 2.58 bits per heavy atom. The summed E-state index contributed by atoms with van der Waals surface area (Å²) in [4.78, 5) is 15.6. The van der Waals surface area contributed by atoms with Crippen LogP contribution < -0.4 is 5.32 Å². The van der Waals surface area contributed by atoms with Crippen molar-refractivity contribution in [3.05, 3.63) is 28.0 Å². The summed E-state index contributed by atoms with van der Waals surface area (Å²) in [5.41, 5.74) is 0.248. The first kappa shape index (κ1) is 16.2. The number of hydrogen-bond acceptors (Lipinski definition) is 3. The molecule has 6 heteroatoms. The van der Waals surface area contributed by atoms with Crippen LogP contribution >= 0.6 is 23.2 Å². The number of carbonyl (C=O) groups excluding carboxylic acids is 1. The molecule has 106 valence electrons. The molecule has 1 unspecified atom stereocenters. The van der Waals surface area contributed by atoms with Crippen molar-refractivity contribution in [2.75, 3.05) is 6.54 Å². The summed E-state index contributed by atoms with van der Waals surface area (Å²) in [7, 11) is 0. The van der Waals surface area contributed by atoms with E-state index in [1.165, 1.54) is 12.1 Å². The quantitative estimate of drug-likeness (QED) is 0.841. The lowest BCUT2D eigenvalue weighted by molar-refractivity contribution is 0.0868. The van der Waals surface area contributed by atoms with Gasteiger partial charge in [-0.25, -0.2) is 4.98 Å². The molecule has 2 N–H and O–H groups in total. The van der Waals surface area contributed by atoms with E-state index < -0.39 is 6.10 Å². The van der Waals surface area contributed by atoms with E-state index in [2.05, 4.69) is 10.3 Å². The molecular weight excluding hydrogens is 287 g/mol. The SMILES string of the molecule is CC(C)(C)CC(O)CNC(=O)c1ccc(Cl)nc1Cl. The molecular formula is C13H18Cl2N2O2. The standard InChI is InChI=1S/C13H18Cl2N2O2/c1-13(2,3)6-8(18)7-16-12(19)9-4-5-10(14)17-11(9)15/h4-5,8,18H,6-7H2,1-3H3,(H,16,19). The molecule has 1 amide bonds. The van der Waals surface area contributed by atoms with E-state index in [0.29, 0.717) is 6.42 Å². The second-order valence-electron chi connectivity index (χ2n) is 5.60. The van der Waals surface area contributed by atoms with E-state index in [1.807, 2.05) is 20.8 Å². The second kappa shape index (κ2) is 6.55. The highest BCUT2D eigenvalue weighted by Crippen LogP contribution is 2.20. The molecule has 1 atom stereocenters. The largest absolute Gasteiger partial charge is 0.391 e. The molecule has 0 aliphatic carbocycles. The van der Waals surface area contributed by atoms with Crippen LogP contribution in [0.5, 0.6) is 0 Å². The van der Waals surface area contributed by atoms with E-state index in [4.69, 9.17) is 23.2 Å². The maximum atomic E-state index is 11.9. The summed E-state index contributed by atoms with van der Waals surface area (Å²) in [6.45, 7) is 6.25. The smallest absolute Gasteiger partial charge is 0.254 e. The summed E-state index contributed by atoms with van der Waals surface area (Å²) in [5.74, 6) is -0.373. The number of amides is 1. The molecule has 0 fully saturated rings. The first-order valence-corrected chi connectivity index (χ1v) is 6.73. The second-order valence-corrected chi connectivity index (χ2v) is 6.35. The van der Waals surface area contributed by atoms with Crippen LogP contribution in [0.1, 0.15) is 37.6 Å². The molecule has 0 spiro atoms. The predicted molar refractivity (Wildman–Crippen MR) is 76.7 cm³/mol. The number of rotatable bonds is 4. The summed E-state index contributed by atoms with van der Waals surface area (Å²) < 4.78 is 0. The average molecular weight is 305 g/mol.